The van der Waals surface area contributed by atoms with E-state index >= 15 is 0 Å². The molecule has 1 aliphatic heterocycles. The number of nitrogens with zero attached hydrogens (tertiary/aromatic N) is 2. The molecule has 1 aliphatic rings. The van der Waals surface area contributed by atoms with Gasteiger partial charge in [0.25, 0.3) is 0 Å². The zero-order chi connectivity index (χ0) is 12.0. The first-order valence-electron chi connectivity index (χ1n) is 5.69. The molecular formula is C12H13BrIN3. The Morgan fingerprint density at radius 3 is 3.12 bits per heavy atom. The molecule has 0 amide bonds. The molecule has 0 aromatic carbocycles. The predicted molar refractivity (Wildman–Crippen MR) is 81.1 cm³/mol. The van der Waals surface area contributed by atoms with Gasteiger partial charge in [-0.05, 0) is 71.0 Å². The van der Waals surface area contributed by atoms with Crippen LogP contribution >= 0.6 is 38.5 Å². The van der Waals surface area contributed by atoms with Crippen molar-refractivity contribution in [2.24, 2.45) is 0 Å². The fourth-order valence-corrected chi connectivity index (χ4v) is 3.81. The molecule has 1 saturated heterocycles. The van der Waals surface area contributed by atoms with Gasteiger partial charge in [-0.1, -0.05) is 0 Å². The van der Waals surface area contributed by atoms with E-state index in [1.165, 1.54) is 39.6 Å². The van der Waals surface area contributed by atoms with Gasteiger partial charge < -0.3 is 4.98 Å². The predicted octanol–water partition coefficient (Wildman–Crippen LogP) is 3.70. The molecule has 17 heavy (non-hydrogen) atoms. The molecule has 3 nitrogen and oxygen atoms in total. The van der Waals surface area contributed by atoms with Gasteiger partial charge in [0.2, 0.25) is 0 Å². The van der Waals surface area contributed by atoms with Crippen molar-refractivity contribution in [2.75, 3.05) is 13.6 Å². The van der Waals surface area contributed by atoms with Crippen molar-refractivity contribution in [1.82, 2.24) is 14.9 Å². The topological polar surface area (TPSA) is 31.9 Å². The van der Waals surface area contributed by atoms with Gasteiger partial charge in [0.05, 0.1) is 11.6 Å². The number of halogens is 2. The largest absolute Gasteiger partial charge is 0.356 e. The lowest BCUT2D eigenvalue weighted by Crippen LogP contribution is -2.18. The highest BCUT2D eigenvalue weighted by Gasteiger charge is 2.26. The van der Waals surface area contributed by atoms with Gasteiger partial charge in [0.1, 0.15) is 4.60 Å². The lowest BCUT2D eigenvalue weighted by Gasteiger charge is -2.18. The SMILES string of the molecule is CN1CCC[C@@H]1c1[nH]c2cc(Br)ncc2c1I. The van der Waals surface area contributed by atoms with Gasteiger partial charge in [-0.3, -0.25) is 4.90 Å². The Balaban J connectivity index is 2.14. The second-order valence-corrected chi connectivity index (χ2v) is 6.44. The van der Waals surface area contributed by atoms with Crippen LogP contribution in [-0.4, -0.2) is 28.5 Å². The van der Waals surface area contributed by atoms with Crippen LogP contribution in [0.15, 0.2) is 16.9 Å². The van der Waals surface area contributed by atoms with Gasteiger partial charge in [-0.2, -0.15) is 0 Å². The smallest absolute Gasteiger partial charge is 0.108 e. The van der Waals surface area contributed by atoms with E-state index in [0.29, 0.717) is 6.04 Å². The van der Waals surface area contributed by atoms with E-state index in [2.05, 4.69) is 66.5 Å². The van der Waals surface area contributed by atoms with Crippen LogP contribution in [0.1, 0.15) is 24.6 Å². The third kappa shape index (κ3) is 2.02. The highest BCUT2D eigenvalue weighted by molar-refractivity contribution is 14.1. The monoisotopic (exact) mass is 405 g/mol. The molecule has 0 saturated carbocycles. The number of hydrogen-bond acceptors (Lipinski definition) is 2. The molecule has 2 aromatic rings. The minimum absolute atomic E-state index is 0.535. The van der Waals surface area contributed by atoms with Crippen molar-refractivity contribution in [3.05, 3.63) is 26.1 Å². The quantitative estimate of drug-likeness (QED) is 0.579. The van der Waals surface area contributed by atoms with Gasteiger partial charge in [0.15, 0.2) is 0 Å². The fraction of sp³-hybridized carbons (Fsp3) is 0.417. The number of nitrogens with one attached hydrogen (secondary N) is 1. The second kappa shape index (κ2) is 4.51. The Bertz CT molecular complexity index is 566. The molecule has 90 valence electrons. The normalized spacial score (nSPS) is 21.5. The van der Waals surface area contributed by atoms with E-state index < -0.39 is 0 Å². The Labute approximate surface area is 122 Å². The van der Waals surface area contributed by atoms with Crippen LogP contribution in [0.25, 0.3) is 10.9 Å². The van der Waals surface area contributed by atoms with Crippen molar-refractivity contribution in [3.63, 3.8) is 0 Å². The summed E-state index contributed by atoms with van der Waals surface area (Å²) in [5, 5.41) is 1.23. The standard InChI is InChI=1S/C12H13BrIN3/c1-17-4-2-3-9(17)12-11(14)7-6-15-10(13)5-8(7)16-12/h5-6,9,16H,2-4H2,1H3/t9-/m1/s1. The zero-order valence-electron chi connectivity index (χ0n) is 9.50. The highest BCUT2D eigenvalue weighted by atomic mass is 127. The molecule has 2 aromatic heterocycles. The van der Waals surface area contributed by atoms with E-state index in [1.807, 2.05) is 6.20 Å². The molecule has 5 heteroatoms. The third-order valence-electron chi connectivity index (χ3n) is 3.47. The molecule has 3 rings (SSSR count). The van der Waals surface area contributed by atoms with Crippen LogP contribution in [0, 0.1) is 3.57 Å². The Morgan fingerprint density at radius 2 is 2.41 bits per heavy atom. The molecule has 0 bridgehead atoms. The molecule has 1 N–H and O–H groups in total. The van der Waals surface area contributed by atoms with E-state index in [-0.39, 0.29) is 0 Å². The average molecular weight is 406 g/mol. The van der Waals surface area contributed by atoms with Crippen LogP contribution in [0.3, 0.4) is 0 Å². The Kier molecular flexibility index (Phi) is 3.16. The van der Waals surface area contributed by atoms with E-state index in [1.54, 1.807) is 0 Å². The van der Waals surface area contributed by atoms with Crippen molar-refractivity contribution < 1.29 is 0 Å². The van der Waals surface area contributed by atoms with E-state index in [0.717, 1.165) is 4.60 Å². The summed E-state index contributed by atoms with van der Waals surface area (Å²) >= 11 is 5.85. The van der Waals surface area contributed by atoms with Crippen molar-refractivity contribution in [2.45, 2.75) is 18.9 Å². The van der Waals surface area contributed by atoms with Crippen LogP contribution in [0.4, 0.5) is 0 Å². The van der Waals surface area contributed by atoms with Crippen molar-refractivity contribution in [1.29, 1.82) is 0 Å². The first-order chi connectivity index (χ1) is 8.16. The van der Waals surface area contributed by atoms with Gasteiger partial charge in [0, 0.05) is 20.8 Å². The first kappa shape index (κ1) is 11.9. The molecule has 3 heterocycles. The van der Waals surface area contributed by atoms with Crippen molar-refractivity contribution in [3.8, 4) is 0 Å². The zero-order valence-corrected chi connectivity index (χ0v) is 13.2. The number of aromatic amines is 1. The number of likely N-dealkylation sites (tertiary alicyclic amines) is 1. The van der Waals surface area contributed by atoms with E-state index in [4.69, 9.17) is 0 Å². The maximum atomic E-state index is 4.31. The third-order valence-corrected chi connectivity index (χ3v) is 5.06. The average Bonchev–Trinajstić information content (AvgIpc) is 2.83. The number of fused-ring (bicyclic) bond motifs is 1. The maximum Gasteiger partial charge on any atom is 0.108 e. The van der Waals surface area contributed by atoms with Gasteiger partial charge >= 0.3 is 0 Å². The van der Waals surface area contributed by atoms with Gasteiger partial charge in [-0.15, -0.1) is 0 Å². The van der Waals surface area contributed by atoms with Crippen LogP contribution in [0.2, 0.25) is 0 Å². The summed E-state index contributed by atoms with van der Waals surface area (Å²) in [7, 11) is 2.20. The number of aromatic nitrogens is 2. The summed E-state index contributed by atoms with van der Waals surface area (Å²) < 4.78 is 2.20. The van der Waals surface area contributed by atoms with Gasteiger partial charge in [-0.25, -0.2) is 4.98 Å². The minimum Gasteiger partial charge on any atom is -0.356 e. The molecule has 0 aliphatic carbocycles. The van der Waals surface area contributed by atoms with Crippen LogP contribution < -0.4 is 0 Å². The molecule has 1 atom stereocenters. The summed E-state index contributed by atoms with van der Waals surface area (Å²) in [6, 6.07) is 2.59. The first-order valence-corrected chi connectivity index (χ1v) is 7.57. The highest BCUT2D eigenvalue weighted by Crippen LogP contribution is 2.36. The number of H-pyrrole nitrogens is 1. The summed E-state index contributed by atoms with van der Waals surface area (Å²) in [5.74, 6) is 0. The maximum absolute atomic E-state index is 4.31. The van der Waals surface area contributed by atoms with Crippen molar-refractivity contribution >= 4 is 49.4 Å². The lowest BCUT2D eigenvalue weighted by atomic mass is 10.1. The summed E-state index contributed by atoms with van der Waals surface area (Å²) in [6.45, 7) is 1.19. The Morgan fingerprint density at radius 1 is 1.59 bits per heavy atom. The van der Waals surface area contributed by atoms with Crippen LogP contribution in [0.5, 0.6) is 0 Å². The number of rotatable bonds is 1. The fourth-order valence-electron chi connectivity index (χ4n) is 2.56. The van der Waals surface area contributed by atoms with Crippen LogP contribution in [-0.2, 0) is 0 Å². The number of hydrogen-bond donors (Lipinski definition) is 1. The molecule has 0 spiro atoms. The summed E-state index contributed by atoms with van der Waals surface area (Å²) in [4.78, 5) is 10.3. The second-order valence-electron chi connectivity index (χ2n) is 4.54. The molecule has 0 radical (unpaired) electrons. The molecule has 0 unspecified atom stereocenters. The molecule has 1 fully saturated rings. The minimum atomic E-state index is 0.535. The Hall–Kier alpha value is -0.140. The lowest BCUT2D eigenvalue weighted by molar-refractivity contribution is 0.312. The van der Waals surface area contributed by atoms with E-state index in [9.17, 15) is 0 Å². The summed E-state index contributed by atoms with van der Waals surface area (Å²) in [5.41, 5.74) is 2.52. The number of pyridine rings is 1. The molecular weight excluding hydrogens is 393 g/mol. The summed E-state index contributed by atoms with van der Waals surface area (Å²) in [6.07, 6.45) is 4.47.